The lowest BCUT2D eigenvalue weighted by Gasteiger charge is -2.13. The molecule has 21 heavy (non-hydrogen) atoms. The van der Waals surface area contributed by atoms with E-state index in [-0.39, 0.29) is 15.2 Å². The first-order chi connectivity index (χ1) is 9.88. The van der Waals surface area contributed by atoms with Crippen LogP contribution < -0.4 is 10.5 Å². The van der Waals surface area contributed by atoms with Gasteiger partial charge in [-0.15, -0.1) is 11.3 Å². The second-order valence-electron chi connectivity index (χ2n) is 4.69. The van der Waals surface area contributed by atoms with Crippen molar-refractivity contribution in [1.82, 2.24) is 4.72 Å². The van der Waals surface area contributed by atoms with Gasteiger partial charge >= 0.3 is 0 Å². The van der Waals surface area contributed by atoms with Crippen LogP contribution in [0.5, 0.6) is 0 Å². The zero-order valence-corrected chi connectivity index (χ0v) is 13.9. The Hall–Kier alpha value is -1.28. The molecule has 0 aliphatic carbocycles. The number of nitrogens with two attached hydrogens (primary N) is 1. The lowest BCUT2D eigenvalue weighted by atomic mass is 10.1. The average Bonchev–Trinajstić information content (AvgIpc) is 2.89. The summed E-state index contributed by atoms with van der Waals surface area (Å²) in [5.74, 6) is 0. The third kappa shape index (κ3) is 4.34. The Morgan fingerprint density at radius 2 is 1.95 bits per heavy atom. The van der Waals surface area contributed by atoms with Gasteiger partial charge in [-0.2, -0.15) is 0 Å². The summed E-state index contributed by atoms with van der Waals surface area (Å²) < 4.78 is 27.5. The van der Waals surface area contributed by atoms with Crippen molar-refractivity contribution in [1.29, 1.82) is 0 Å². The summed E-state index contributed by atoms with van der Waals surface area (Å²) in [7, 11) is -3.54. The third-order valence-electron chi connectivity index (χ3n) is 2.83. The Morgan fingerprint density at radius 1 is 1.29 bits per heavy atom. The first-order valence-corrected chi connectivity index (χ1v) is 9.05. The molecule has 1 aromatic heterocycles. The number of benzene rings is 1. The van der Waals surface area contributed by atoms with E-state index in [2.05, 4.69) is 4.72 Å². The van der Waals surface area contributed by atoms with E-state index in [0.717, 1.165) is 16.9 Å². The average molecular weight is 340 g/mol. The molecule has 1 atom stereocenters. The molecule has 7 heteroatoms. The van der Waals surface area contributed by atoms with Crippen molar-refractivity contribution in [2.45, 2.75) is 23.6 Å². The second kappa shape index (κ2) is 6.65. The van der Waals surface area contributed by atoms with Gasteiger partial charge in [0.05, 0.1) is 4.88 Å². The molecular formula is C14H16N2O2S3. The highest BCUT2D eigenvalue weighted by Gasteiger charge is 2.20. The van der Waals surface area contributed by atoms with Gasteiger partial charge in [-0.05, 0) is 31.0 Å². The largest absolute Gasteiger partial charge is 0.389 e. The Balaban J connectivity index is 2.07. The molecule has 1 aromatic carbocycles. The molecule has 0 radical (unpaired) electrons. The van der Waals surface area contributed by atoms with Crippen LogP contribution in [0.25, 0.3) is 0 Å². The minimum atomic E-state index is -3.54. The van der Waals surface area contributed by atoms with Crippen molar-refractivity contribution in [3.63, 3.8) is 0 Å². The highest BCUT2D eigenvalue weighted by Crippen LogP contribution is 2.21. The van der Waals surface area contributed by atoms with E-state index in [0.29, 0.717) is 11.3 Å². The SMILES string of the molecule is CC(Cc1ccccc1)NS(=O)(=O)c1ccc(C(N)=S)s1. The number of rotatable bonds is 6. The summed E-state index contributed by atoms with van der Waals surface area (Å²) >= 11 is 5.93. The Labute approximate surface area is 134 Å². The van der Waals surface area contributed by atoms with Crippen LogP contribution in [0.4, 0.5) is 0 Å². The molecule has 1 heterocycles. The van der Waals surface area contributed by atoms with Gasteiger partial charge in [-0.3, -0.25) is 0 Å². The number of thiophene rings is 1. The lowest BCUT2D eigenvalue weighted by molar-refractivity contribution is 0.562. The number of thiocarbonyl (C=S) groups is 1. The highest BCUT2D eigenvalue weighted by molar-refractivity contribution is 7.91. The zero-order valence-electron chi connectivity index (χ0n) is 11.4. The zero-order chi connectivity index (χ0) is 15.5. The summed E-state index contributed by atoms with van der Waals surface area (Å²) in [6.45, 7) is 1.84. The predicted molar refractivity (Wildman–Crippen MR) is 90.1 cm³/mol. The van der Waals surface area contributed by atoms with Crippen LogP contribution in [0.15, 0.2) is 46.7 Å². The smallest absolute Gasteiger partial charge is 0.250 e. The monoisotopic (exact) mass is 340 g/mol. The summed E-state index contributed by atoms with van der Waals surface area (Å²) in [4.78, 5) is 0.805. The molecule has 0 amide bonds. The van der Waals surface area contributed by atoms with Gasteiger partial charge in [0.15, 0.2) is 0 Å². The van der Waals surface area contributed by atoms with Crippen LogP contribution in [0.2, 0.25) is 0 Å². The Morgan fingerprint density at radius 3 is 2.52 bits per heavy atom. The van der Waals surface area contributed by atoms with Crippen LogP contribution in [-0.2, 0) is 16.4 Å². The van der Waals surface area contributed by atoms with Gasteiger partial charge in [0.2, 0.25) is 10.0 Å². The number of nitrogens with one attached hydrogen (secondary N) is 1. The third-order valence-corrected chi connectivity index (χ3v) is 6.38. The Kier molecular flexibility index (Phi) is 5.10. The summed E-state index contributed by atoms with van der Waals surface area (Å²) in [5.41, 5.74) is 6.59. The first-order valence-electron chi connectivity index (χ1n) is 6.34. The van der Waals surface area contributed by atoms with Crippen molar-refractivity contribution >= 4 is 38.6 Å². The molecule has 0 saturated heterocycles. The molecule has 1 unspecified atom stereocenters. The maximum Gasteiger partial charge on any atom is 0.250 e. The highest BCUT2D eigenvalue weighted by atomic mass is 32.2. The first kappa shape index (κ1) is 16.1. The maximum absolute atomic E-state index is 12.3. The van der Waals surface area contributed by atoms with E-state index in [4.69, 9.17) is 18.0 Å². The molecular weight excluding hydrogens is 324 g/mol. The van der Waals surface area contributed by atoms with Gasteiger partial charge in [0.25, 0.3) is 0 Å². The minimum absolute atomic E-state index is 0.201. The van der Waals surface area contributed by atoms with Crippen LogP contribution >= 0.6 is 23.6 Å². The lowest BCUT2D eigenvalue weighted by Crippen LogP contribution is -2.33. The van der Waals surface area contributed by atoms with E-state index in [1.165, 1.54) is 6.07 Å². The fourth-order valence-corrected chi connectivity index (χ4v) is 4.54. The summed E-state index contributed by atoms with van der Waals surface area (Å²) in [5, 5.41) is 0. The fourth-order valence-electron chi connectivity index (χ4n) is 1.93. The van der Waals surface area contributed by atoms with Crippen LogP contribution in [0.1, 0.15) is 17.4 Å². The predicted octanol–water partition coefficient (Wildman–Crippen LogP) is 2.29. The van der Waals surface area contributed by atoms with Gasteiger partial charge in [0.1, 0.15) is 9.20 Å². The molecule has 3 N–H and O–H groups in total. The number of hydrogen-bond donors (Lipinski definition) is 2. The molecule has 0 aliphatic heterocycles. The molecule has 0 saturated carbocycles. The van der Waals surface area contributed by atoms with Gasteiger partial charge in [-0.25, -0.2) is 13.1 Å². The van der Waals surface area contributed by atoms with Crippen molar-refractivity contribution in [2.24, 2.45) is 5.73 Å². The van der Waals surface area contributed by atoms with E-state index in [9.17, 15) is 8.42 Å². The van der Waals surface area contributed by atoms with Crippen LogP contribution in [-0.4, -0.2) is 19.4 Å². The van der Waals surface area contributed by atoms with Crippen molar-refractivity contribution in [2.75, 3.05) is 0 Å². The standard InChI is InChI=1S/C14H16N2O2S3/c1-10(9-11-5-3-2-4-6-11)16-21(17,18)13-8-7-12(20-13)14(15)19/h2-8,10,16H,9H2,1H3,(H2,15,19). The van der Waals surface area contributed by atoms with Crippen molar-refractivity contribution < 1.29 is 8.42 Å². The van der Waals surface area contributed by atoms with Gasteiger partial charge in [-0.1, -0.05) is 42.5 Å². The molecule has 112 valence electrons. The topological polar surface area (TPSA) is 72.2 Å². The molecule has 0 spiro atoms. The van der Waals surface area contributed by atoms with Crippen molar-refractivity contribution in [3.05, 3.63) is 52.9 Å². The van der Waals surface area contributed by atoms with Crippen LogP contribution in [0, 0.1) is 0 Å². The second-order valence-corrected chi connectivity index (χ2v) is 8.16. The van der Waals surface area contributed by atoms with Crippen LogP contribution in [0.3, 0.4) is 0 Å². The summed E-state index contributed by atoms with van der Waals surface area (Å²) in [6, 6.07) is 12.7. The summed E-state index contributed by atoms with van der Waals surface area (Å²) in [6.07, 6.45) is 0.633. The number of hydrogen-bond acceptors (Lipinski definition) is 4. The molecule has 0 bridgehead atoms. The normalized spacial score (nSPS) is 13.0. The minimum Gasteiger partial charge on any atom is -0.389 e. The van der Waals surface area contributed by atoms with E-state index < -0.39 is 10.0 Å². The van der Waals surface area contributed by atoms with E-state index >= 15 is 0 Å². The van der Waals surface area contributed by atoms with E-state index in [1.54, 1.807) is 6.07 Å². The molecule has 2 rings (SSSR count). The fraction of sp³-hybridized carbons (Fsp3) is 0.214. The molecule has 0 aliphatic rings. The molecule has 0 fully saturated rings. The van der Waals surface area contributed by atoms with Gasteiger partial charge in [0, 0.05) is 6.04 Å². The van der Waals surface area contributed by atoms with Gasteiger partial charge < -0.3 is 5.73 Å². The Bertz CT molecular complexity index is 724. The molecule has 2 aromatic rings. The quantitative estimate of drug-likeness (QED) is 0.792. The van der Waals surface area contributed by atoms with E-state index in [1.807, 2.05) is 37.3 Å². The maximum atomic E-state index is 12.3. The number of sulfonamides is 1. The molecule has 4 nitrogen and oxygen atoms in total. The van der Waals surface area contributed by atoms with Crippen molar-refractivity contribution in [3.8, 4) is 0 Å².